The molecule has 0 bridgehead atoms. The van der Waals surface area contributed by atoms with Gasteiger partial charge in [-0.15, -0.1) is 0 Å². The lowest BCUT2D eigenvalue weighted by Gasteiger charge is -2.54. The molecule has 3 nitrogen and oxygen atoms in total. The molecule has 7 aromatic rings. The van der Waals surface area contributed by atoms with Crippen molar-refractivity contribution in [2.45, 2.75) is 173 Å². The maximum absolute atomic E-state index is 2.97. The van der Waals surface area contributed by atoms with Crippen LogP contribution in [0.4, 0.5) is 39.8 Å². The second kappa shape index (κ2) is 15.3. The lowest BCUT2D eigenvalue weighted by molar-refractivity contribution is 0.193. The number of hydrogen-bond acceptors (Lipinski definition) is 3. The molecule has 13 rings (SSSR count). The Labute approximate surface area is 431 Å². The highest BCUT2D eigenvalue weighted by atomic mass is 15.3. The van der Waals surface area contributed by atoms with E-state index in [0.29, 0.717) is 0 Å². The molecule has 2 saturated carbocycles. The van der Waals surface area contributed by atoms with Crippen molar-refractivity contribution < 1.29 is 0 Å². The van der Waals surface area contributed by atoms with Gasteiger partial charge in [-0.1, -0.05) is 172 Å². The van der Waals surface area contributed by atoms with Gasteiger partial charge in [-0.25, -0.2) is 0 Å². The van der Waals surface area contributed by atoms with E-state index >= 15 is 0 Å². The Bertz CT molecular complexity index is 3390. The number of anilines is 7. The minimum absolute atomic E-state index is 0.00732. The predicted octanol–water partition coefficient (Wildman–Crippen LogP) is 19.0. The standard InChI is InChI=1S/C69H75N3/c1-43-37-44(2)62-63-59(43)60-51-30-28-49(65(6,7)8)40-56(51)70(54-32-29-48(64(3,4)5)39-52(54)46-25-17-14-18-26-46)57-41-50(42-58(61(57)60)72(63)69(12)36-22-20-34-67(62,69)10)71-55-31-27-47(45-23-15-13-16-24-45)38-53(55)66(9)33-19-21-35-68(66,71)11/h13-18,23-32,37-42,60H,19-22,33-36H2,1-12H3. The third-order valence-corrected chi connectivity index (χ3v) is 20.1. The van der Waals surface area contributed by atoms with Crippen LogP contribution < -0.4 is 14.7 Å². The Morgan fingerprint density at radius 2 is 1.04 bits per heavy atom. The van der Waals surface area contributed by atoms with Gasteiger partial charge in [0, 0.05) is 39.2 Å². The molecule has 0 amide bonds. The lowest BCUT2D eigenvalue weighted by atomic mass is 9.61. The first-order valence-corrected chi connectivity index (χ1v) is 27.6. The molecule has 6 aliphatic rings. The van der Waals surface area contributed by atoms with E-state index in [1.807, 2.05) is 0 Å². The molecule has 72 heavy (non-hydrogen) atoms. The molecule has 0 N–H and O–H groups in total. The zero-order chi connectivity index (χ0) is 50.1. The van der Waals surface area contributed by atoms with Crippen LogP contribution in [-0.2, 0) is 21.7 Å². The van der Waals surface area contributed by atoms with Gasteiger partial charge in [0.15, 0.2) is 0 Å². The molecule has 3 heteroatoms. The maximum atomic E-state index is 2.97. The largest absolute Gasteiger partial charge is 0.334 e. The van der Waals surface area contributed by atoms with Crippen molar-refractivity contribution in [2.75, 3.05) is 14.7 Å². The summed E-state index contributed by atoms with van der Waals surface area (Å²) in [6.45, 7) is 29.6. The number of fused-ring (bicyclic) bond motifs is 10. The van der Waals surface area contributed by atoms with Crippen LogP contribution in [0, 0.1) is 13.8 Å². The number of benzene rings is 7. The first-order valence-electron chi connectivity index (χ1n) is 27.6. The van der Waals surface area contributed by atoms with Crippen LogP contribution in [0.25, 0.3) is 22.3 Å². The highest BCUT2D eigenvalue weighted by Crippen LogP contribution is 2.71. The van der Waals surface area contributed by atoms with Crippen molar-refractivity contribution in [1.29, 1.82) is 0 Å². The third kappa shape index (κ3) is 6.03. The Kier molecular flexibility index (Phi) is 9.70. The molecule has 2 fully saturated rings. The normalized spacial score (nSPS) is 25.6. The second-order valence-corrected chi connectivity index (χ2v) is 26.1. The van der Waals surface area contributed by atoms with E-state index in [1.165, 1.54) is 152 Å². The molecule has 4 heterocycles. The van der Waals surface area contributed by atoms with Crippen LogP contribution >= 0.6 is 0 Å². The molecular weight excluding hydrogens is 871 g/mol. The second-order valence-electron chi connectivity index (χ2n) is 26.1. The molecule has 0 spiro atoms. The van der Waals surface area contributed by atoms with Crippen LogP contribution in [0.2, 0.25) is 0 Å². The Hall–Kier alpha value is -6.06. The molecule has 0 saturated heterocycles. The summed E-state index contributed by atoms with van der Waals surface area (Å²) in [5, 5.41) is 0. The first kappa shape index (κ1) is 45.8. The van der Waals surface area contributed by atoms with Gasteiger partial charge < -0.3 is 14.7 Å². The Morgan fingerprint density at radius 3 is 1.72 bits per heavy atom. The quantitative estimate of drug-likeness (QED) is 0.174. The molecule has 5 unspecified atom stereocenters. The van der Waals surface area contributed by atoms with E-state index in [4.69, 9.17) is 0 Å². The third-order valence-electron chi connectivity index (χ3n) is 20.1. The maximum Gasteiger partial charge on any atom is 0.0545 e. The van der Waals surface area contributed by atoms with Crippen molar-refractivity contribution in [3.8, 4) is 22.3 Å². The molecule has 0 aromatic heterocycles. The van der Waals surface area contributed by atoms with E-state index < -0.39 is 0 Å². The number of hydrogen-bond donors (Lipinski definition) is 0. The average molecular weight is 946 g/mol. The van der Waals surface area contributed by atoms with Crippen molar-refractivity contribution in [3.05, 3.63) is 184 Å². The summed E-state index contributed by atoms with van der Waals surface area (Å²) in [4.78, 5) is 8.60. The van der Waals surface area contributed by atoms with Gasteiger partial charge in [0.05, 0.1) is 39.5 Å². The highest BCUT2D eigenvalue weighted by molar-refractivity contribution is 6.02. The molecule has 366 valence electrons. The van der Waals surface area contributed by atoms with Crippen LogP contribution in [0.1, 0.15) is 177 Å². The number of aryl methyl sites for hydroxylation is 2. The average Bonchev–Trinajstić information content (AvgIpc) is 3.71. The zero-order valence-corrected chi connectivity index (χ0v) is 45.3. The molecule has 4 aliphatic heterocycles. The summed E-state index contributed by atoms with van der Waals surface area (Å²) in [6.07, 6.45) is 9.71. The molecule has 2 aliphatic carbocycles. The van der Waals surface area contributed by atoms with Crippen molar-refractivity contribution in [3.63, 3.8) is 0 Å². The van der Waals surface area contributed by atoms with Gasteiger partial charge in [0.25, 0.3) is 0 Å². The fraction of sp³-hybridized carbons (Fsp3) is 0.391. The van der Waals surface area contributed by atoms with Crippen LogP contribution in [-0.4, -0.2) is 11.1 Å². The van der Waals surface area contributed by atoms with Gasteiger partial charge in [0.2, 0.25) is 0 Å². The van der Waals surface area contributed by atoms with Gasteiger partial charge >= 0.3 is 0 Å². The smallest absolute Gasteiger partial charge is 0.0545 e. The summed E-state index contributed by atoms with van der Waals surface area (Å²) >= 11 is 0. The fourth-order valence-corrected chi connectivity index (χ4v) is 15.8. The van der Waals surface area contributed by atoms with Gasteiger partial charge in [-0.2, -0.15) is 0 Å². The van der Waals surface area contributed by atoms with E-state index in [2.05, 4.69) is 231 Å². The lowest BCUT2D eigenvalue weighted by Crippen LogP contribution is -2.56. The fourth-order valence-electron chi connectivity index (χ4n) is 15.8. The zero-order valence-electron chi connectivity index (χ0n) is 45.3. The molecule has 5 atom stereocenters. The Morgan fingerprint density at radius 1 is 0.458 bits per heavy atom. The van der Waals surface area contributed by atoms with Gasteiger partial charge in [-0.3, -0.25) is 0 Å². The SMILES string of the molecule is Cc1cc(C)c2c3c1C1c4ccc(C(C)(C)C)cc4N(c4ccc(C(C)(C)C)cc4-c4ccccc4)c4cc(N5c6ccc(-c7ccccc7)cc6C6(C)CCCCC56C)cc(c41)N3C1(C)CCCCC21C. The van der Waals surface area contributed by atoms with Crippen molar-refractivity contribution in [2.24, 2.45) is 0 Å². The highest BCUT2D eigenvalue weighted by Gasteiger charge is 2.63. The summed E-state index contributed by atoms with van der Waals surface area (Å²) in [6, 6.07) is 52.8. The van der Waals surface area contributed by atoms with Crippen LogP contribution in [0.5, 0.6) is 0 Å². The number of nitrogens with zero attached hydrogens (tertiary/aromatic N) is 3. The summed E-state index contributed by atoms with van der Waals surface area (Å²) < 4.78 is 0. The predicted molar refractivity (Wildman–Crippen MR) is 305 cm³/mol. The monoisotopic (exact) mass is 946 g/mol. The van der Waals surface area contributed by atoms with E-state index in [9.17, 15) is 0 Å². The molecular formula is C69H75N3. The van der Waals surface area contributed by atoms with E-state index in [-0.39, 0.29) is 38.7 Å². The minimum Gasteiger partial charge on any atom is -0.334 e. The van der Waals surface area contributed by atoms with E-state index in [0.717, 1.165) is 6.42 Å². The molecule has 0 radical (unpaired) electrons. The van der Waals surface area contributed by atoms with Gasteiger partial charge in [0.1, 0.15) is 0 Å². The summed E-state index contributed by atoms with van der Waals surface area (Å²) in [5.41, 5.74) is 27.4. The number of rotatable bonds is 4. The van der Waals surface area contributed by atoms with Crippen LogP contribution in [0.15, 0.2) is 133 Å². The molecule has 7 aromatic carbocycles. The summed E-state index contributed by atoms with van der Waals surface area (Å²) in [7, 11) is 0. The minimum atomic E-state index is -0.136. The Balaban J connectivity index is 1.17. The van der Waals surface area contributed by atoms with Gasteiger partial charge in [-0.05, 0) is 168 Å². The summed E-state index contributed by atoms with van der Waals surface area (Å²) in [5.74, 6) is 0.0751. The topological polar surface area (TPSA) is 9.72 Å². The van der Waals surface area contributed by atoms with Crippen molar-refractivity contribution >= 4 is 39.8 Å². The first-order chi connectivity index (χ1) is 34.3. The van der Waals surface area contributed by atoms with Crippen LogP contribution in [0.3, 0.4) is 0 Å². The van der Waals surface area contributed by atoms with E-state index in [1.54, 1.807) is 5.56 Å². The van der Waals surface area contributed by atoms with Crippen molar-refractivity contribution in [1.82, 2.24) is 0 Å².